The minimum Gasteiger partial charge on any atom is -0.460 e. The molecule has 0 N–H and O–H groups in total. The molecule has 0 aliphatic carbocycles. The number of hydrogen-bond acceptors (Lipinski definition) is 3. The SMILES string of the molecule is C=C[SiH](C=C)O[SiH3].C=C[SiH](C=C)O[SiH3].C=C[SiH](C=C)O[SiH3].[Pt].[Pt]. The van der Waals surface area contributed by atoms with E-state index in [1.807, 2.05) is 34.2 Å². The van der Waals surface area contributed by atoms with Crippen LogP contribution < -0.4 is 0 Å². The minimum atomic E-state index is -1.08. The molecule has 0 aliphatic heterocycles. The molecule has 0 saturated heterocycles. The Balaban J connectivity index is -0.0000000675. The molecule has 11 heteroatoms. The van der Waals surface area contributed by atoms with Crippen LogP contribution in [0.5, 0.6) is 0 Å². The summed E-state index contributed by atoms with van der Waals surface area (Å²) in [4.78, 5) is 0. The summed E-state index contributed by atoms with van der Waals surface area (Å²) in [6.45, 7) is 21.5. The maximum absolute atomic E-state index is 5.09. The van der Waals surface area contributed by atoms with Crippen molar-refractivity contribution in [2.45, 2.75) is 0 Å². The maximum Gasteiger partial charge on any atom is 0.212 e. The second-order valence-electron chi connectivity index (χ2n) is 3.52. The van der Waals surface area contributed by atoms with Crippen LogP contribution in [0.15, 0.2) is 73.7 Å². The molecule has 0 aromatic rings. The Labute approximate surface area is 185 Å². The predicted octanol–water partition coefficient (Wildman–Crippen LogP) is -1.63. The van der Waals surface area contributed by atoms with E-state index in [9.17, 15) is 0 Å². The summed E-state index contributed by atoms with van der Waals surface area (Å²) >= 11 is 0. The largest absolute Gasteiger partial charge is 0.460 e. The van der Waals surface area contributed by atoms with Crippen molar-refractivity contribution in [3.8, 4) is 0 Å². The van der Waals surface area contributed by atoms with E-state index in [0.717, 1.165) is 31.5 Å². The van der Waals surface area contributed by atoms with E-state index in [1.54, 1.807) is 0 Å². The van der Waals surface area contributed by atoms with E-state index in [2.05, 4.69) is 39.5 Å². The van der Waals surface area contributed by atoms with Crippen LogP contribution in [0.1, 0.15) is 0 Å². The zero-order valence-corrected chi connectivity index (χ0v) is 28.3. The average molecular weight is 781 g/mol. The van der Waals surface area contributed by atoms with E-state index in [1.165, 1.54) is 0 Å². The Hall–Kier alpha value is 0.998. The van der Waals surface area contributed by atoms with Crippen LogP contribution in [0.3, 0.4) is 0 Å². The molecule has 0 saturated carbocycles. The van der Waals surface area contributed by atoms with Crippen LogP contribution in [-0.2, 0) is 54.5 Å². The van der Waals surface area contributed by atoms with Crippen molar-refractivity contribution in [3.63, 3.8) is 0 Å². The molecular weight excluding hydrogens is 751 g/mol. The van der Waals surface area contributed by atoms with Gasteiger partial charge < -0.3 is 12.3 Å². The van der Waals surface area contributed by atoms with Crippen molar-refractivity contribution in [3.05, 3.63) is 73.7 Å². The molecule has 3 nitrogen and oxygen atoms in total. The van der Waals surface area contributed by atoms with Gasteiger partial charge in [0.15, 0.2) is 0 Å². The zero-order valence-electron chi connectivity index (χ0n) is 14.3. The predicted molar refractivity (Wildman–Crippen MR) is 116 cm³/mol. The van der Waals surface area contributed by atoms with Crippen molar-refractivity contribution in [1.82, 2.24) is 0 Å². The summed E-state index contributed by atoms with van der Waals surface area (Å²) in [6, 6.07) is 0. The number of hydrogen-bond donors (Lipinski definition) is 0. The molecule has 23 heavy (non-hydrogen) atoms. The molecule has 0 aromatic carbocycles. The summed E-state index contributed by atoms with van der Waals surface area (Å²) in [7, 11) is -0.813. The Morgan fingerprint density at radius 1 is 0.478 bits per heavy atom. The molecule has 0 heterocycles. The van der Waals surface area contributed by atoms with E-state index in [0.29, 0.717) is 0 Å². The van der Waals surface area contributed by atoms with Gasteiger partial charge in [-0.05, 0) is 0 Å². The van der Waals surface area contributed by atoms with Crippen LogP contribution in [0, 0.1) is 0 Å². The molecular formula is C12H30O3Pt2Si6. The fourth-order valence-electron chi connectivity index (χ4n) is 0.866. The molecule has 0 atom stereocenters. The molecule has 0 spiro atoms. The number of rotatable bonds is 9. The van der Waals surface area contributed by atoms with Gasteiger partial charge in [-0.15, -0.1) is 39.5 Å². The summed E-state index contributed by atoms with van der Waals surface area (Å²) in [6.07, 6.45) is 0. The summed E-state index contributed by atoms with van der Waals surface area (Å²) in [5.41, 5.74) is 11.2. The smallest absolute Gasteiger partial charge is 0.212 e. The molecule has 0 bridgehead atoms. The van der Waals surface area contributed by atoms with Crippen molar-refractivity contribution < 1.29 is 54.5 Å². The molecule has 0 radical (unpaired) electrons. The van der Waals surface area contributed by atoms with Crippen LogP contribution >= 0.6 is 0 Å². The summed E-state index contributed by atoms with van der Waals surface area (Å²) < 4.78 is 15.3. The second-order valence-corrected chi connectivity index (χ2v) is 14.8. The zero-order chi connectivity index (χ0) is 17.1. The average Bonchev–Trinajstić information content (AvgIpc) is 2.54. The van der Waals surface area contributed by atoms with E-state index >= 15 is 0 Å². The first kappa shape index (κ1) is 35.2. The third-order valence-electron chi connectivity index (χ3n) is 2.21. The van der Waals surface area contributed by atoms with Crippen molar-refractivity contribution in [1.29, 1.82) is 0 Å². The van der Waals surface area contributed by atoms with E-state index < -0.39 is 27.1 Å². The Bertz CT molecular complexity index is 250. The van der Waals surface area contributed by atoms with Crippen LogP contribution in [0.2, 0.25) is 0 Å². The first-order chi connectivity index (χ1) is 10.0. The third-order valence-corrected chi connectivity index (χ3v) is 11.5. The van der Waals surface area contributed by atoms with Gasteiger partial charge in [0.2, 0.25) is 27.1 Å². The molecule has 0 unspecified atom stereocenters. The Morgan fingerprint density at radius 2 is 0.609 bits per heavy atom. The Morgan fingerprint density at radius 3 is 0.609 bits per heavy atom. The van der Waals surface area contributed by atoms with Crippen LogP contribution in [-0.4, -0.2) is 58.6 Å². The van der Waals surface area contributed by atoms with Crippen molar-refractivity contribution in [2.75, 3.05) is 0 Å². The van der Waals surface area contributed by atoms with Gasteiger partial charge in [0.05, 0.1) is 0 Å². The van der Waals surface area contributed by atoms with Crippen LogP contribution in [0.4, 0.5) is 0 Å². The normalized spacial score (nSPS) is 8.48. The summed E-state index contributed by atoms with van der Waals surface area (Å²) in [5, 5.41) is 0. The first-order valence-electron chi connectivity index (χ1n) is 6.38. The van der Waals surface area contributed by atoms with Gasteiger partial charge in [0.1, 0.15) is 31.5 Å². The van der Waals surface area contributed by atoms with Gasteiger partial charge >= 0.3 is 0 Å². The van der Waals surface area contributed by atoms with E-state index in [4.69, 9.17) is 12.3 Å². The molecule has 0 fully saturated rings. The van der Waals surface area contributed by atoms with Gasteiger partial charge in [-0.1, -0.05) is 34.2 Å². The van der Waals surface area contributed by atoms with Crippen LogP contribution in [0.25, 0.3) is 0 Å². The standard InChI is InChI=1S/3C4H10OSi2.2Pt/c3*1-3-7(4-2)5-6;;/h3*3-4,7H,1-2H2,6H3;;. The van der Waals surface area contributed by atoms with Gasteiger partial charge in [-0.2, -0.15) is 0 Å². The van der Waals surface area contributed by atoms with Gasteiger partial charge in [0, 0.05) is 42.1 Å². The van der Waals surface area contributed by atoms with Gasteiger partial charge in [-0.25, -0.2) is 0 Å². The molecule has 0 aromatic heterocycles. The quantitative estimate of drug-likeness (QED) is 0.264. The third kappa shape index (κ3) is 28.1. The maximum atomic E-state index is 5.09. The minimum absolute atomic E-state index is 0. The second kappa shape index (κ2) is 30.8. The molecule has 0 rings (SSSR count). The molecule has 0 aliphatic rings. The Kier molecular flexibility index (Phi) is 47.1. The molecule has 140 valence electrons. The fraction of sp³-hybridized carbons (Fsp3) is 0. The fourth-order valence-corrected chi connectivity index (χ4v) is 6.06. The topological polar surface area (TPSA) is 27.7 Å². The van der Waals surface area contributed by atoms with E-state index in [-0.39, 0.29) is 42.1 Å². The summed E-state index contributed by atoms with van der Waals surface area (Å²) in [5.74, 6) is 0. The van der Waals surface area contributed by atoms with Crippen molar-refractivity contribution >= 4 is 58.6 Å². The van der Waals surface area contributed by atoms with Gasteiger partial charge in [-0.3, -0.25) is 0 Å². The monoisotopic (exact) mass is 780 g/mol. The molecule has 0 amide bonds. The first-order valence-corrected chi connectivity index (χ1v) is 14.2. The van der Waals surface area contributed by atoms with Gasteiger partial charge in [0.25, 0.3) is 0 Å². The van der Waals surface area contributed by atoms with Crippen molar-refractivity contribution in [2.24, 2.45) is 0 Å².